The molecule has 0 atom stereocenters. The zero-order valence-electron chi connectivity index (χ0n) is 3.44. The summed E-state index contributed by atoms with van der Waals surface area (Å²) in [4.78, 5) is 0. The molecule has 0 N–H and O–H groups in total. The topological polar surface area (TPSA) is 0 Å². The smallest absolute Gasteiger partial charge is 1.00 e. The minimum Gasteiger partial charge on any atom is -1.00 e. The van der Waals surface area contributed by atoms with E-state index < -0.39 is 0 Å². The Labute approximate surface area is 93.7 Å². The van der Waals surface area contributed by atoms with Crippen molar-refractivity contribution in [1.82, 2.24) is 0 Å². The Morgan fingerprint density at radius 1 is 1.25 bits per heavy atom. The van der Waals surface area contributed by atoms with E-state index in [9.17, 15) is 0 Å². The molecule has 0 aromatic carbocycles. The van der Waals surface area contributed by atoms with Crippen LogP contribution in [0.2, 0.25) is 0 Å². The summed E-state index contributed by atoms with van der Waals surface area (Å²) < 4.78 is 0. The summed E-state index contributed by atoms with van der Waals surface area (Å²) in [6.07, 6.45) is 0. The standard InChI is InChI=1S/Al.Ca.Fe.Re.5H/q;+2;;;;;;2*-1. The summed E-state index contributed by atoms with van der Waals surface area (Å²) in [5, 5.41) is 0. The Morgan fingerprint density at radius 2 is 1.25 bits per heavy atom. The molecule has 0 bridgehead atoms. The molecule has 4 heteroatoms. The van der Waals surface area contributed by atoms with Gasteiger partial charge in [-0.2, -0.15) is 0 Å². The van der Waals surface area contributed by atoms with Crippen LogP contribution in [0.1, 0.15) is 2.85 Å². The maximum atomic E-state index is 0. The van der Waals surface area contributed by atoms with Crippen molar-refractivity contribution in [2.45, 2.75) is 0 Å². The van der Waals surface area contributed by atoms with Gasteiger partial charge in [-0.3, -0.25) is 0 Å². The summed E-state index contributed by atoms with van der Waals surface area (Å²) in [6.45, 7) is 0. The van der Waals surface area contributed by atoms with Crippen molar-refractivity contribution in [2.75, 3.05) is 0 Å². The van der Waals surface area contributed by atoms with Crippen molar-refractivity contribution in [3.63, 3.8) is 0 Å². The van der Waals surface area contributed by atoms with E-state index in [-0.39, 0.29) is 95.4 Å². The first-order valence-electron chi connectivity index (χ1n) is 0. The SMILES string of the molecule is [AlH3].[Ca+2].[Fe].[H-].[H-].[Re]. The predicted octanol–water partition coefficient (Wildman–Crippen LogP) is -1.34. The monoisotopic (exact) mass is 315 g/mol. The summed E-state index contributed by atoms with van der Waals surface area (Å²) in [6, 6.07) is 0. The van der Waals surface area contributed by atoms with Gasteiger partial charge in [0.15, 0.2) is 17.4 Å². The summed E-state index contributed by atoms with van der Waals surface area (Å²) in [5.41, 5.74) is 0. The van der Waals surface area contributed by atoms with Crippen molar-refractivity contribution in [3.05, 3.63) is 0 Å². The van der Waals surface area contributed by atoms with Gasteiger partial charge in [0, 0.05) is 37.5 Å². The maximum Gasteiger partial charge on any atom is 2.00 e. The van der Waals surface area contributed by atoms with E-state index in [1.54, 1.807) is 0 Å². The molecule has 0 rings (SSSR count). The van der Waals surface area contributed by atoms with E-state index in [0.717, 1.165) is 0 Å². The van der Waals surface area contributed by atoms with Crippen LogP contribution in [-0.2, 0) is 37.5 Å². The van der Waals surface area contributed by atoms with Gasteiger partial charge in [-0.15, -0.1) is 0 Å². The molecule has 25 valence electrons. The van der Waals surface area contributed by atoms with Gasteiger partial charge in [-0.25, -0.2) is 0 Å². The van der Waals surface area contributed by atoms with E-state index in [2.05, 4.69) is 0 Å². The van der Waals surface area contributed by atoms with Crippen LogP contribution in [0.5, 0.6) is 0 Å². The van der Waals surface area contributed by atoms with Crippen LogP contribution < -0.4 is 0 Å². The Kier molecular flexibility index (Phi) is 118. The second-order valence-electron chi connectivity index (χ2n) is 0. The molecule has 0 fully saturated rings. The molecule has 0 aliphatic heterocycles. The third-order valence-electron chi connectivity index (χ3n) is 0. The minimum absolute atomic E-state index is 0. The third kappa shape index (κ3) is 8.88. The van der Waals surface area contributed by atoms with Gasteiger partial charge in [0.05, 0.1) is 0 Å². The molecule has 0 amide bonds. The van der Waals surface area contributed by atoms with Gasteiger partial charge in [-0.05, 0) is 0 Å². The third-order valence-corrected chi connectivity index (χ3v) is 0. The number of hydrogen-bond donors (Lipinski definition) is 0. The first-order chi connectivity index (χ1) is 0. The zero-order chi connectivity index (χ0) is 0. The van der Waals surface area contributed by atoms with Crippen LogP contribution in [0.25, 0.3) is 0 Å². The quantitative estimate of drug-likeness (QED) is 0.486. The van der Waals surface area contributed by atoms with Crippen LogP contribution in [0.15, 0.2) is 0 Å². The van der Waals surface area contributed by atoms with Crippen LogP contribution in [0, 0.1) is 0 Å². The molecule has 0 aromatic rings. The van der Waals surface area contributed by atoms with Gasteiger partial charge < -0.3 is 2.85 Å². The zero-order valence-corrected chi connectivity index (χ0v) is 7.47. The summed E-state index contributed by atoms with van der Waals surface area (Å²) in [7, 11) is 0. The van der Waals surface area contributed by atoms with Gasteiger partial charge in [0.2, 0.25) is 0 Å². The molecule has 0 saturated heterocycles. The first kappa shape index (κ1) is 28.1. The van der Waals surface area contributed by atoms with E-state index in [0.29, 0.717) is 0 Å². The normalized spacial score (nSPS) is 0. The molecule has 0 aliphatic carbocycles. The fourth-order valence-electron chi connectivity index (χ4n) is 0. The largest absolute Gasteiger partial charge is 2.00 e. The van der Waals surface area contributed by atoms with Crippen molar-refractivity contribution in [1.29, 1.82) is 0 Å². The Balaban J connectivity index is 0. The van der Waals surface area contributed by atoms with Gasteiger partial charge in [-0.1, -0.05) is 0 Å². The van der Waals surface area contributed by atoms with Crippen LogP contribution >= 0.6 is 0 Å². The van der Waals surface area contributed by atoms with Crippen molar-refractivity contribution < 1.29 is 40.3 Å². The Morgan fingerprint density at radius 3 is 1.25 bits per heavy atom. The molecule has 0 aliphatic rings. The van der Waals surface area contributed by atoms with Crippen LogP contribution in [-0.4, -0.2) is 55.1 Å². The average Bonchev–Trinajstić information content (AvgIpc) is 0. The van der Waals surface area contributed by atoms with E-state index in [1.807, 2.05) is 0 Å². The molecular weight excluding hydrogens is 309 g/mol. The van der Waals surface area contributed by atoms with Gasteiger partial charge in [0.1, 0.15) is 0 Å². The number of hydrogen-bond acceptors (Lipinski definition) is 0. The fraction of sp³-hybridized carbons (Fsp3) is 0. The summed E-state index contributed by atoms with van der Waals surface area (Å²) in [5.74, 6) is 0. The number of rotatable bonds is 0. The average molecular weight is 314 g/mol. The van der Waals surface area contributed by atoms with Crippen molar-refractivity contribution >= 4 is 55.1 Å². The molecule has 0 heterocycles. The first-order valence-corrected chi connectivity index (χ1v) is 0. The molecule has 4 heavy (non-hydrogen) atoms. The second kappa shape index (κ2) is 16.7. The molecular formula is H5AlCaFeRe. The van der Waals surface area contributed by atoms with Crippen LogP contribution in [0.4, 0.5) is 0 Å². The Hall–Kier alpha value is 2.97. The molecule has 0 unspecified atom stereocenters. The fourth-order valence-corrected chi connectivity index (χ4v) is 0. The molecule has 0 saturated carbocycles. The molecule has 0 nitrogen and oxygen atoms in total. The minimum atomic E-state index is 0. The second-order valence-corrected chi connectivity index (χ2v) is 0. The van der Waals surface area contributed by atoms with E-state index in [4.69, 9.17) is 0 Å². The van der Waals surface area contributed by atoms with Gasteiger partial charge >= 0.3 is 37.7 Å². The Bertz CT molecular complexity index is 13.5. The van der Waals surface area contributed by atoms with Crippen molar-refractivity contribution in [2.24, 2.45) is 0 Å². The molecule has 0 spiro atoms. The maximum absolute atomic E-state index is 0. The molecule has 0 aromatic heterocycles. The molecule has 1 radical (unpaired) electrons. The van der Waals surface area contributed by atoms with E-state index in [1.165, 1.54) is 0 Å². The van der Waals surface area contributed by atoms with E-state index >= 15 is 0 Å². The van der Waals surface area contributed by atoms with Crippen LogP contribution in [0.3, 0.4) is 0 Å². The predicted molar refractivity (Wildman–Crippen MR) is 17.9 cm³/mol. The summed E-state index contributed by atoms with van der Waals surface area (Å²) >= 11 is 0. The van der Waals surface area contributed by atoms with Crippen molar-refractivity contribution in [3.8, 4) is 0 Å². The van der Waals surface area contributed by atoms with Gasteiger partial charge in [0.25, 0.3) is 0 Å².